The number of thioether (sulfide) groups is 1. The van der Waals surface area contributed by atoms with Gasteiger partial charge in [0.1, 0.15) is 5.60 Å². The highest BCUT2D eigenvalue weighted by Gasteiger charge is 2.15. The summed E-state index contributed by atoms with van der Waals surface area (Å²) >= 11 is 1.86. The summed E-state index contributed by atoms with van der Waals surface area (Å²) in [6, 6.07) is 0. The molecule has 0 saturated carbocycles. The van der Waals surface area contributed by atoms with Crippen molar-refractivity contribution in [2.45, 2.75) is 33.3 Å². The zero-order valence-corrected chi connectivity index (χ0v) is 12.4. The number of amides is 1. The van der Waals surface area contributed by atoms with Crippen LogP contribution in [0, 0.1) is 5.92 Å². The van der Waals surface area contributed by atoms with Gasteiger partial charge in [-0.2, -0.15) is 11.8 Å². The molecule has 0 aliphatic carbocycles. The first-order valence-electron chi connectivity index (χ1n) is 6.01. The Labute approximate surface area is 109 Å². The van der Waals surface area contributed by atoms with Crippen LogP contribution in [0.15, 0.2) is 0 Å². The number of carbonyl (C=O) groups excluding carboxylic acids is 1. The summed E-state index contributed by atoms with van der Waals surface area (Å²) in [7, 11) is 0. The van der Waals surface area contributed by atoms with Crippen molar-refractivity contribution in [3.8, 4) is 0 Å². The Kier molecular flexibility index (Phi) is 8.43. The van der Waals surface area contributed by atoms with Gasteiger partial charge >= 0.3 is 6.09 Å². The van der Waals surface area contributed by atoms with Gasteiger partial charge in [-0.3, -0.25) is 0 Å². The molecule has 0 spiro atoms. The maximum atomic E-state index is 11.3. The van der Waals surface area contributed by atoms with Crippen molar-refractivity contribution in [3.63, 3.8) is 0 Å². The summed E-state index contributed by atoms with van der Waals surface area (Å²) in [5.74, 6) is 1.82. The van der Waals surface area contributed by atoms with Crippen molar-refractivity contribution in [1.29, 1.82) is 0 Å². The number of rotatable bonds is 7. The molecule has 0 saturated heterocycles. The van der Waals surface area contributed by atoms with Crippen LogP contribution < -0.4 is 10.6 Å². The van der Waals surface area contributed by atoms with Crippen molar-refractivity contribution < 1.29 is 9.53 Å². The van der Waals surface area contributed by atoms with Gasteiger partial charge in [0.25, 0.3) is 0 Å². The van der Waals surface area contributed by atoms with Crippen molar-refractivity contribution in [1.82, 2.24) is 10.6 Å². The van der Waals surface area contributed by atoms with E-state index in [4.69, 9.17) is 4.74 Å². The molecule has 1 atom stereocenters. The van der Waals surface area contributed by atoms with Crippen LogP contribution in [0.5, 0.6) is 0 Å². The molecule has 0 fully saturated rings. The molecule has 102 valence electrons. The smallest absolute Gasteiger partial charge is 0.407 e. The fraction of sp³-hybridized carbons (Fsp3) is 0.917. The van der Waals surface area contributed by atoms with Crippen LogP contribution in [0.3, 0.4) is 0 Å². The lowest BCUT2D eigenvalue weighted by atomic mass is 10.2. The van der Waals surface area contributed by atoms with Crippen molar-refractivity contribution in [2.24, 2.45) is 5.92 Å². The molecule has 0 bridgehead atoms. The van der Waals surface area contributed by atoms with Crippen LogP contribution in [0.2, 0.25) is 0 Å². The minimum atomic E-state index is -0.426. The molecule has 0 aromatic carbocycles. The van der Waals surface area contributed by atoms with E-state index in [9.17, 15) is 4.79 Å². The van der Waals surface area contributed by atoms with Gasteiger partial charge in [0, 0.05) is 13.1 Å². The molecule has 1 amide bonds. The largest absolute Gasteiger partial charge is 0.444 e. The molecule has 0 aromatic rings. The number of hydrogen-bond donors (Lipinski definition) is 2. The fourth-order valence-electron chi connectivity index (χ4n) is 1.26. The summed E-state index contributed by atoms with van der Waals surface area (Å²) < 4.78 is 5.12. The summed E-state index contributed by atoms with van der Waals surface area (Å²) in [6.07, 6.45) is 1.76. The molecular weight excluding hydrogens is 236 g/mol. The number of alkyl carbamates (subject to hydrolysis) is 1. The maximum Gasteiger partial charge on any atom is 0.407 e. The second kappa shape index (κ2) is 8.64. The highest BCUT2D eigenvalue weighted by Crippen LogP contribution is 2.06. The van der Waals surface area contributed by atoms with Gasteiger partial charge in [0.15, 0.2) is 0 Å². The molecule has 5 heteroatoms. The third-order valence-electron chi connectivity index (χ3n) is 1.91. The van der Waals surface area contributed by atoms with E-state index in [1.54, 1.807) is 0 Å². The van der Waals surface area contributed by atoms with Crippen molar-refractivity contribution in [2.75, 3.05) is 31.6 Å². The first-order valence-corrected chi connectivity index (χ1v) is 7.41. The quantitative estimate of drug-likeness (QED) is 0.690. The molecule has 2 N–H and O–H groups in total. The van der Waals surface area contributed by atoms with E-state index in [0.29, 0.717) is 12.5 Å². The van der Waals surface area contributed by atoms with Gasteiger partial charge in [-0.05, 0) is 45.2 Å². The predicted octanol–water partition coefficient (Wildman–Crippen LogP) is 2.10. The lowest BCUT2D eigenvalue weighted by Crippen LogP contribution is -2.37. The van der Waals surface area contributed by atoms with Crippen molar-refractivity contribution in [3.05, 3.63) is 0 Å². The Hall–Kier alpha value is -0.420. The number of ether oxygens (including phenoxy) is 1. The summed E-state index contributed by atoms with van der Waals surface area (Å²) in [4.78, 5) is 11.3. The Morgan fingerprint density at radius 2 is 2.00 bits per heavy atom. The molecule has 17 heavy (non-hydrogen) atoms. The molecule has 0 rings (SSSR count). The van der Waals surface area contributed by atoms with Gasteiger partial charge in [0.05, 0.1) is 0 Å². The zero-order chi connectivity index (χ0) is 13.3. The fourth-order valence-corrected chi connectivity index (χ4v) is 1.95. The summed E-state index contributed by atoms with van der Waals surface area (Å²) in [5.41, 5.74) is -0.426. The molecule has 0 aliphatic heterocycles. The van der Waals surface area contributed by atoms with E-state index in [0.717, 1.165) is 18.8 Å². The summed E-state index contributed by atoms with van der Waals surface area (Å²) in [5, 5.41) is 6.02. The molecule has 0 aliphatic rings. The average molecular weight is 262 g/mol. The Morgan fingerprint density at radius 1 is 1.35 bits per heavy atom. The Balaban J connectivity index is 3.43. The maximum absolute atomic E-state index is 11.3. The molecule has 0 aromatic heterocycles. The lowest BCUT2D eigenvalue weighted by Gasteiger charge is -2.19. The first-order chi connectivity index (χ1) is 7.85. The van der Waals surface area contributed by atoms with E-state index in [1.807, 2.05) is 32.5 Å². The van der Waals surface area contributed by atoms with E-state index in [-0.39, 0.29) is 6.09 Å². The third kappa shape index (κ3) is 11.8. The minimum absolute atomic E-state index is 0.350. The van der Waals surface area contributed by atoms with Crippen LogP contribution >= 0.6 is 11.8 Å². The second-order valence-electron chi connectivity index (χ2n) is 5.19. The normalized spacial score (nSPS) is 13.2. The van der Waals surface area contributed by atoms with E-state index in [2.05, 4.69) is 23.8 Å². The SMILES string of the molecule is CSCC(C)CNCCNC(=O)OC(C)(C)C. The van der Waals surface area contributed by atoms with Crippen LogP contribution in [-0.4, -0.2) is 43.3 Å². The van der Waals surface area contributed by atoms with Crippen molar-refractivity contribution >= 4 is 17.9 Å². The molecule has 0 radical (unpaired) electrons. The van der Waals surface area contributed by atoms with Gasteiger partial charge in [0.2, 0.25) is 0 Å². The Bertz CT molecular complexity index is 217. The zero-order valence-electron chi connectivity index (χ0n) is 11.6. The molecule has 4 nitrogen and oxygen atoms in total. The topological polar surface area (TPSA) is 50.4 Å². The van der Waals surface area contributed by atoms with Crippen LogP contribution in [0.4, 0.5) is 4.79 Å². The van der Waals surface area contributed by atoms with Crippen LogP contribution in [-0.2, 0) is 4.74 Å². The highest BCUT2D eigenvalue weighted by molar-refractivity contribution is 7.98. The van der Waals surface area contributed by atoms with E-state index < -0.39 is 5.60 Å². The summed E-state index contributed by atoms with van der Waals surface area (Å²) in [6.45, 7) is 10.1. The first kappa shape index (κ1) is 16.6. The Morgan fingerprint density at radius 3 is 2.53 bits per heavy atom. The number of hydrogen-bond acceptors (Lipinski definition) is 4. The second-order valence-corrected chi connectivity index (χ2v) is 6.10. The molecule has 0 heterocycles. The van der Waals surface area contributed by atoms with E-state index in [1.165, 1.54) is 0 Å². The minimum Gasteiger partial charge on any atom is -0.444 e. The highest BCUT2D eigenvalue weighted by atomic mass is 32.2. The van der Waals surface area contributed by atoms with Crippen LogP contribution in [0.25, 0.3) is 0 Å². The molecule has 1 unspecified atom stereocenters. The number of nitrogens with one attached hydrogen (secondary N) is 2. The monoisotopic (exact) mass is 262 g/mol. The van der Waals surface area contributed by atoms with Gasteiger partial charge in [-0.15, -0.1) is 0 Å². The molecular formula is C12H26N2O2S. The van der Waals surface area contributed by atoms with E-state index >= 15 is 0 Å². The van der Waals surface area contributed by atoms with Gasteiger partial charge in [-0.1, -0.05) is 6.92 Å². The van der Waals surface area contributed by atoms with Crippen LogP contribution in [0.1, 0.15) is 27.7 Å². The number of carbonyl (C=O) groups is 1. The predicted molar refractivity (Wildman–Crippen MR) is 74.7 cm³/mol. The third-order valence-corrected chi connectivity index (χ3v) is 2.82. The lowest BCUT2D eigenvalue weighted by molar-refractivity contribution is 0.0528. The standard InChI is InChI=1S/C12H26N2O2S/c1-10(9-17-5)8-13-6-7-14-11(15)16-12(2,3)4/h10,13H,6-9H2,1-5H3,(H,14,15). The van der Waals surface area contributed by atoms with Gasteiger partial charge < -0.3 is 15.4 Å². The average Bonchev–Trinajstić information content (AvgIpc) is 2.14. The van der Waals surface area contributed by atoms with Gasteiger partial charge in [-0.25, -0.2) is 4.79 Å².